The average molecular weight is 453 g/mol. The van der Waals surface area contributed by atoms with Gasteiger partial charge in [-0.1, -0.05) is 23.4 Å². The summed E-state index contributed by atoms with van der Waals surface area (Å²) in [7, 11) is 0. The van der Waals surface area contributed by atoms with Crippen molar-refractivity contribution < 1.29 is 18.7 Å². The Morgan fingerprint density at radius 3 is 2.42 bits per heavy atom. The third-order valence-corrected chi connectivity index (χ3v) is 5.36. The van der Waals surface area contributed by atoms with Crippen molar-refractivity contribution >= 4 is 5.91 Å². The van der Waals surface area contributed by atoms with Crippen LogP contribution in [0.15, 0.2) is 66.0 Å². The third kappa shape index (κ3) is 6.26. The number of nitrogens with zero attached hydrogens (tertiary/aromatic N) is 2. The molecule has 1 aromatic heterocycles. The molecule has 0 aliphatic carbocycles. The van der Waals surface area contributed by atoms with Gasteiger partial charge in [-0.25, -0.2) is 8.78 Å². The molecule has 0 spiro atoms. The second-order valence-electron chi connectivity index (χ2n) is 7.99. The van der Waals surface area contributed by atoms with E-state index in [1.54, 1.807) is 56.4 Å². The van der Waals surface area contributed by atoms with E-state index in [2.05, 4.69) is 15.5 Å². The molecular weight excluding hydrogens is 428 g/mol. The molecule has 1 amide bonds. The van der Waals surface area contributed by atoms with Crippen molar-refractivity contribution in [2.45, 2.75) is 38.3 Å². The van der Waals surface area contributed by atoms with Crippen LogP contribution in [0.3, 0.4) is 0 Å². The molecule has 0 saturated carbocycles. The lowest BCUT2D eigenvalue weighted by molar-refractivity contribution is 0.0924. The molecule has 0 aliphatic rings. The summed E-state index contributed by atoms with van der Waals surface area (Å²) >= 11 is 0. The normalized spacial score (nSPS) is 13.7. The standard InChI is InChI=1S/C25H25F2N3O3/c1-15-11-19(9-10-28-15)24(30-33)13-22(21-8-7-20(26)12-23(21)27)17-3-5-18(6-4-17)25(32)29-14-16(2)31/h3-12,16,22,24,31H,13-14H2,1-2H3,(H,29,32)/t16-,22?,24?/m1/s1. The minimum atomic E-state index is -0.782. The van der Waals surface area contributed by atoms with Gasteiger partial charge in [0.25, 0.3) is 5.91 Å². The molecule has 0 bridgehead atoms. The van der Waals surface area contributed by atoms with Crippen LogP contribution in [-0.4, -0.2) is 28.6 Å². The van der Waals surface area contributed by atoms with E-state index in [4.69, 9.17) is 0 Å². The number of aliphatic hydroxyl groups excluding tert-OH is 1. The Hall–Kier alpha value is -3.52. The average Bonchev–Trinajstić information content (AvgIpc) is 2.79. The van der Waals surface area contributed by atoms with Crippen LogP contribution in [0.25, 0.3) is 0 Å². The second kappa shape index (κ2) is 10.9. The number of nitroso groups, excluding NO2 is 1. The van der Waals surface area contributed by atoms with Crippen LogP contribution in [0.1, 0.15) is 58.0 Å². The summed E-state index contributed by atoms with van der Waals surface area (Å²) in [6.45, 7) is 3.47. The van der Waals surface area contributed by atoms with Crippen molar-refractivity contribution in [2.24, 2.45) is 5.18 Å². The predicted octanol–water partition coefficient (Wildman–Crippen LogP) is 4.81. The molecule has 33 heavy (non-hydrogen) atoms. The SMILES string of the molecule is Cc1cc(C(CC(c2ccc(C(=O)NC[C@@H](C)O)cc2)c2ccc(F)cc2F)N=O)ccn1. The number of nitrogens with one attached hydrogen (secondary N) is 1. The molecule has 2 N–H and O–H groups in total. The minimum absolute atomic E-state index is 0.113. The van der Waals surface area contributed by atoms with E-state index in [0.29, 0.717) is 16.7 Å². The Labute approximate surface area is 190 Å². The third-order valence-electron chi connectivity index (χ3n) is 5.36. The number of hydrogen-bond acceptors (Lipinski definition) is 5. The monoisotopic (exact) mass is 453 g/mol. The van der Waals surface area contributed by atoms with Crippen LogP contribution < -0.4 is 5.32 Å². The quantitative estimate of drug-likeness (QED) is 0.455. The topological polar surface area (TPSA) is 91.6 Å². The summed E-state index contributed by atoms with van der Waals surface area (Å²) in [6.07, 6.45) is 1.05. The summed E-state index contributed by atoms with van der Waals surface area (Å²) in [5.41, 5.74) is 2.61. The van der Waals surface area contributed by atoms with E-state index in [1.165, 1.54) is 12.1 Å². The Morgan fingerprint density at radius 2 is 1.82 bits per heavy atom. The van der Waals surface area contributed by atoms with Gasteiger partial charge in [-0.15, -0.1) is 0 Å². The molecule has 0 radical (unpaired) electrons. The van der Waals surface area contributed by atoms with E-state index in [0.717, 1.165) is 11.8 Å². The maximum atomic E-state index is 14.7. The summed E-state index contributed by atoms with van der Waals surface area (Å²) in [5, 5.41) is 15.2. The van der Waals surface area contributed by atoms with E-state index < -0.39 is 29.7 Å². The predicted molar refractivity (Wildman–Crippen MR) is 121 cm³/mol. The van der Waals surface area contributed by atoms with E-state index >= 15 is 0 Å². The molecule has 3 aromatic rings. The Balaban J connectivity index is 1.95. The first-order valence-corrected chi connectivity index (χ1v) is 10.5. The highest BCUT2D eigenvalue weighted by molar-refractivity contribution is 5.94. The zero-order valence-electron chi connectivity index (χ0n) is 18.3. The van der Waals surface area contributed by atoms with Crippen molar-refractivity contribution in [3.63, 3.8) is 0 Å². The molecule has 2 unspecified atom stereocenters. The van der Waals surface area contributed by atoms with Crippen LogP contribution >= 0.6 is 0 Å². The number of hydrogen-bond donors (Lipinski definition) is 2. The van der Waals surface area contributed by atoms with Crippen LogP contribution in [0.2, 0.25) is 0 Å². The Kier molecular flexibility index (Phi) is 7.95. The molecule has 172 valence electrons. The smallest absolute Gasteiger partial charge is 0.251 e. The number of aryl methyl sites for hydroxylation is 1. The van der Waals surface area contributed by atoms with Gasteiger partial charge in [0, 0.05) is 36.0 Å². The number of carbonyl (C=O) groups is 1. The Bertz CT molecular complexity index is 1120. The highest BCUT2D eigenvalue weighted by atomic mass is 19.1. The number of carbonyl (C=O) groups excluding carboxylic acids is 1. The molecule has 0 aliphatic heterocycles. The molecule has 0 saturated heterocycles. The van der Waals surface area contributed by atoms with Crippen LogP contribution in [0.5, 0.6) is 0 Å². The maximum Gasteiger partial charge on any atom is 0.251 e. The van der Waals surface area contributed by atoms with Crippen molar-refractivity contribution in [1.29, 1.82) is 0 Å². The van der Waals surface area contributed by atoms with Gasteiger partial charge >= 0.3 is 0 Å². The summed E-state index contributed by atoms with van der Waals surface area (Å²) in [5.74, 6) is -2.40. The van der Waals surface area contributed by atoms with E-state index in [9.17, 15) is 23.6 Å². The molecule has 3 atom stereocenters. The van der Waals surface area contributed by atoms with Crippen molar-refractivity contribution in [3.05, 3.63) is 105 Å². The second-order valence-corrected chi connectivity index (χ2v) is 7.99. The first-order valence-electron chi connectivity index (χ1n) is 10.5. The first-order chi connectivity index (χ1) is 15.8. The van der Waals surface area contributed by atoms with Gasteiger partial charge in [-0.05, 0) is 67.3 Å². The molecule has 1 heterocycles. The van der Waals surface area contributed by atoms with Gasteiger partial charge in [0.1, 0.15) is 17.7 Å². The molecule has 6 nitrogen and oxygen atoms in total. The van der Waals surface area contributed by atoms with Crippen LogP contribution in [-0.2, 0) is 0 Å². The van der Waals surface area contributed by atoms with Crippen LogP contribution in [0, 0.1) is 23.5 Å². The first kappa shape index (κ1) is 24.1. The largest absolute Gasteiger partial charge is 0.392 e. The number of aromatic nitrogens is 1. The van der Waals surface area contributed by atoms with Gasteiger partial charge < -0.3 is 10.4 Å². The Morgan fingerprint density at radius 1 is 1.09 bits per heavy atom. The lowest BCUT2D eigenvalue weighted by atomic mass is 9.84. The summed E-state index contributed by atoms with van der Waals surface area (Å²) in [6, 6.07) is 12.5. The lowest BCUT2D eigenvalue weighted by Gasteiger charge is -2.22. The van der Waals surface area contributed by atoms with E-state index in [1.807, 2.05) is 0 Å². The van der Waals surface area contributed by atoms with Gasteiger partial charge in [0.2, 0.25) is 0 Å². The van der Waals surface area contributed by atoms with Crippen molar-refractivity contribution in [2.75, 3.05) is 6.54 Å². The zero-order valence-corrected chi connectivity index (χ0v) is 18.3. The number of benzene rings is 2. The fraction of sp³-hybridized carbons (Fsp3) is 0.280. The highest BCUT2D eigenvalue weighted by Gasteiger charge is 2.25. The summed E-state index contributed by atoms with van der Waals surface area (Å²) in [4.78, 5) is 28.1. The number of rotatable bonds is 9. The summed E-state index contributed by atoms with van der Waals surface area (Å²) < 4.78 is 28.3. The maximum absolute atomic E-state index is 14.7. The number of aliphatic hydroxyl groups is 1. The van der Waals surface area contributed by atoms with Gasteiger partial charge in [-0.2, -0.15) is 4.91 Å². The van der Waals surface area contributed by atoms with Crippen LogP contribution in [0.4, 0.5) is 8.78 Å². The fourth-order valence-corrected chi connectivity index (χ4v) is 3.67. The highest BCUT2D eigenvalue weighted by Crippen LogP contribution is 2.37. The van der Waals surface area contributed by atoms with Crippen molar-refractivity contribution in [1.82, 2.24) is 10.3 Å². The number of pyridine rings is 1. The number of halogens is 2. The molecule has 2 aromatic carbocycles. The van der Waals surface area contributed by atoms with E-state index in [-0.39, 0.29) is 24.4 Å². The molecular formula is C25H25F2N3O3. The number of amides is 1. The molecule has 8 heteroatoms. The fourth-order valence-electron chi connectivity index (χ4n) is 3.67. The van der Waals surface area contributed by atoms with Gasteiger partial charge in [0.15, 0.2) is 0 Å². The minimum Gasteiger partial charge on any atom is -0.392 e. The van der Waals surface area contributed by atoms with Crippen molar-refractivity contribution in [3.8, 4) is 0 Å². The lowest BCUT2D eigenvalue weighted by Crippen LogP contribution is -2.30. The molecule has 3 rings (SSSR count). The molecule has 0 fully saturated rings. The van der Waals surface area contributed by atoms with Gasteiger partial charge in [0.05, 0.1) is 6.10 Å². The van der Waals surface area contributed by atoms with Gasteiger partial charge in [-0.3, -0.25) is 9.78 Å². The zero-order chi connectivity index (χ0) is 24.0.